The monoisotopic (exact) mass is 225 g/mol. The molecular weight excluding hydrogens is 206 g/mol. The fourth-order valence-corrected chi connectivity index (χ4v) is 1.37. The zero-order valence-electron chi connectivity index (χ0n) is 10.0. The summed E-state index contributed by atoms with van der Waals surface area (Å²) >= 11 is 0. The van der Waals surface area contributed by atoms with E-state index >= 15 is 0 Å². The van der Waals surface area contributed by atoms with Gasteiger partial charge in [0.15, 0.2) is 0 Å². The lowest BCUT2D eigenvalue weighted by atomic mass is 10.3. The third-order valence-electron chi connectivity index (χ3n) is 2.02. The molecule has 0 aliphatic carbocycles. The largest absolute Gasteiger partial charge is 0.492 e. The van der Waals surface area contributed by atoms with Gasteiger partial charge in [-0.1, -0.05) is 0 Å². The maximum absolute atomic E-state index is 5.76. The van der Waals surface area contributed by atoms with Crippen LogP contribution in [-0.4, -0.2) is 26.4 Å². The summed E-state index contributed by atoms with van der Waals surface area (Å²) in [6.45, 7) is 5.00. The second-order valence-corrected chi connectivity index (χ2v) is 3.52. The molecule has 0 aromatic heterocycles. The zero-order chi connectivity index (χ0) is 12.0. The Morgan fingerprint density at radius 1 is 1.38 bits per heavy atom. The van der Waals surface area contributed by atoms with Gasteiger partial charge in [-0.25, -0.2) is 0 Å². The highest BCUT2D eigenvalue weighted by atomic mass is 16.5. The van der Waals surface area contributed by atoms with E-state index in [2.05, 4.69) is 0 Å². The maximum atomic E-state index is 5.76. The first-order chi connectivity index (χ1) is 7.67. The average molecular weight is 225 g/mol. The Kier molecular flexibility index (Phi) is 4.92. The molecular formula is C12H19NO3. The van der Waals surface area contributed by atoms with Crippen LogP contribution in [0, 0.1) is 0 Å². The number of ether oxygens (including phenoxy) is 3. The third-order valence-corrected chi connectivity index (χ3v) is 2.02. The van der Waals surface area contributed by atoms with Crippen LogP contribution in [0.15, 0.2) is 18.2 Å². The number of anilines is 1. The van der Waals surface area contributed by atoms with Crippen molar-refractivity contribution in [3.8, 4) is 11.5 Å². The SMILES string of the molecule is CCOc1cc(OC(C)COC)ccc1N. The van der Waals surface area contributed by atoms with Crippen LogP contribution in [0.2, 0.25) is 0 Å². The fourth-order valence-electron chi connectivity index (χ4n) is 1.37. The Balaban J connectivity index is 2.70. The van der Waals surface area contributed by atoms with Crippen molar-refractivity contribution in [1.29, 1.82) is 0 Å². The van der Waals surface area contributed by atoms with Crippen molar-refractivity contribution in [1.82, 2.24) is 0 Å². The number of nitrogen functional groups attached to an aromatic ring is 1. The number of benzene rings is 1. The van der Waals surface area contributed by atoms with Crippen LogP contribution in [0.25, 0.3) is 0 Å². The van der Waals surface area contributed by atoms with E-state index in [0.717, 1.165) is 5.75 Å². The Hall–Kier alpha value is -1.42. The lowest BCUT2D eigenvalue weighted by Gasteiger charge is -2.15. The summed E-state index contributed by atoms with van der Waals surface area (Å²) in [5, 5.41) is 0. The number of methoxy groups -OCH3 is 1. The summed E-state index contributed by atoms with van der Waals surface area (Å²) in [5.74, 6) is 1.40. The first-order valence-corrected chi connectivity index (χ1v) is 5.35. The van der Waals surface area contributed by atoms with E-state index < -0.39 is 0 Å². The van der Waals surface area contributed by atoms with Gasteiger partial charge < -0.3 is 19.9 Å². The predicted molar refractivity (Wildman–Crippen MR) is 64.0 cm³/mol. The van der Waals surface area contributed by atoms with Crippen molar-refractivity contribution in [3.05, 3.63) is 18.2 Å². The van der Waals surface area contributed by atoms with Crippen molar-refractivity contribution < 1.29 is 14.2 Å². The van der Waals surface area contributed by atoms with E-state index in [1.165, 1.54) is 0 Å². The lowest BCUT2D eigenvalue weighted by Crippen LogP contribution is -2.17. The Labute approximate surface area is 96.3 Å². The summed E-state index contributed by atoms with van der Waals surface area (Å²) in [7, 11) is 1.65. The van der Waals surface area contributed by atoms with Crippen molar-refractivity contribution in [2.75, 3.05) is 26.1 Å². The maximum Gasteiger partial charge on any atom is 0.145 e. The van der Waals surface area contributed by atoms with Gasteiger partial charge in [0.1, 0.15) is 17.6 Å². The average Bonchev–Trinajstić information content (AvgIpc) is 2.24. The zero-order valence-corrected chi connectivity index (χ0v) is 10.0. The molecule has 1 aromatic rings. The minimum Gasteiger partial charge on any atom is -0.492 e. The lowest BCUT2D eigenvalue weighted by molar-refractivity contribution is 0.0919. The molecule has 90 valence electrons. The molecule has 1 unspecified atom stereocenters. The van der Waals surface area contributed by atoms with Crippen molar-refractivity contribution >= 4 is 5.69 Å². The molecule has 0 aliphatic heterocycles. The predicted octanol–water partition coefficient (Wildman–Crippen LogP) is 2.08. The van der Waals surface area contributed by atoms with Crippen LogP contribution in [0.5, 0.6) is 11.5 Å². The summed E-state index contributed by atoms with van der Waals surface area (Å²) in [6.07, 6.45) is 0.00287. The van der Waals surface area contributed by atoms with Crippen molar-refractivity contribution in [2.24, 2.45) is 0 Å². The standard InChI is InChI=1S/C12H19NO3/c1-4-15-12-7-10(5-6-11(12)13)16-9(2)8-14-3/h5-7,9H,4,8,13H2,1-3H3. The van der Waals surface area contributed by atoms with Crippen molar-refractivity contribution in [2.45, 2.75) is 20.0 Å². The smallest absolute Gasteiger partial charge is 0.145 e. The van der Waals surface area contributed by atoms with Gasteiger partial charge in [0.05, 0.1) is 18.9 Å². The first kappa shape index (κ1) is 12.6. The second-order valence-electron chi connectivity index (χ2n) is 3.52. The minimum atomic E-state index is 0.00287. The van der Waals surface area contributed by atoms with Crippen LogP contribution in [0.3, 0.4) is 0 Å². The van der Waals surface area contributed by atoms with E-state index in [-0.39, 0.29) is 6.10 Å². The molecule has 0 heterocycles. The van der Waals surface area contributed by atoms with Gasteiger partial charge in [-0.15, -0.1) is 0 Å². The van der Waals surface area contributed by atoms with Gasteiger partial charge in [0.25, 0.3) is 0 Å². The Morgan fingerprint density at radius 3 is 2.75 bits per heavy atom. The molecule has 4 heteroatoms. The number of rotatable bonds is 6. The van der Waals surface area contributed by atoms with E-state index in [1.807, 2.05) is 19.9 Å². The van der Waals surface area contributed by atoms with Crippen LogP contribution < -0.4 is 15.2 Å². The molecule has 16 heavy (non-hydrogen) atoms. The number of hydrogen-bond donors (Lipinski definition) is 1. The molecule has 2 N–H and O–H groups in total. The Morgan fingerprint density at radius 2 is 2.12 bits per heavy atom. The summed E-state index contributed by atoms with van der Waals surface area (Å²) in [5.41, 5.74) is 6.38. The van der Waals surface area contributed by atoms with Crippen LogP contribution in [0.1, 0.15) is 13.8 Å². The van der Waals surface area contributed by atoms with E-state index in [4.69, 9.17) is 19.9 Å². The summed E-state index contributed by atoms with van der Waals surface area (Å²) in [6, 6.07) is 5.40. The summed E-state index contributed by atoms with van der Waals surface area (Å²) < 4.78 is 16.0. The van der Waals surface area contributed by atoms with E-state index in [1.54, 1.807) is 19.2 Å². The van der Waals surface area contributed by atoms with Gasteiger partial charge in [-0.05, 0) is 26.0 Å². The highest BCUT2D eigenvalue weighted by Gasteiger charge is 2.06. The van der Waals surface area contributed by atoms with Gasteiger partial charge in [-0.3, -0.25) is 0 Å². The molecule has 1 rings (SSSR count). The highest BCUT2D eigenvalue weighted by Crippen LogP contribution is 2.27. The fraction of sp³-hybridized carbons (Fsp3) is 0.500. The normalized spacial score (nSPS) is 12.2. The van der Waals surface area contributed by atoms with Crippen LogP contribution in [-0.2, 0) is 4.74 Å². The quantitative estimate of drug-likeness (QED) is 0.753. The number of hydrogen-bond acceptors (Lipinski definition) is 4. The molecule has 0 bridgehead atoms. The molecule has 4 nitrogen and oxygen atoms in total. The molecule has 1 aromatic carbocycles. The van der Waals surface area contributed by atoms with Crippen LogP contribution >= 0.6 is 0 Å². The third kappa shape index (κ3) is 3.62. The second kappa shape index (κ2) is 6.23. The van der Waals surface area contributed by atoms with Crippen LogP contribution in [0.4, 0.5) is 5.69 Å². The van der Waals surface area contributed by atoms with Gasteiger partial charge in [0.2, 0.25) is 0 Å². The van der Waals surface area contributed by atoms with Gasteiger partial charge in [0, 0.05) is 13.2 Å². The number of nitrogens with two attached hydrogens (primary N) is 1. The van der Waals surface area contributed by atoms with Gasteiger partial charge in [-0.2, -0.15) is 0 Å². The molecule has 0 amide bonds. The molecule has 0 spiro atoms. The molecule has 0 fully saturated rings. The molecule has 0 saturated heterocycles. The topological polar surface area (TPSA) is 53.7 Å². The molecule has 0 saturated carbocycles. The van der Waals surface area contributed by atoms with E-state index in [9.17, 15) is 0 Å². The Bertz CT molecular complexity index is 328. The van der Waals surface area contributed by atoms with Crippen molar-refractivity contribution in [3.63, 3.8) is 0 Å². The highest BCUT2D eigenvalue weighted by molar-refractivity contribution is 5.55. The minimum absolute atomic E-state index is 0.00287. The van der Waals surface area contributed by atoms with E-state index in [0.29, 0.717) is 24.7 Å². The molecule has 0 radical (unpaired) electrons. The first-order valence-electron chi connectivity index (χ1n) is 5.35. The van der Waals surface area contributed by atoms with Gasteiger partial charge >= 0.3 is 0 Å². The molecule has 1 atom stereocenters. The molecule has 0 aliphatic rings. The summed E-state index contributed by atoms with van der Waals surface area (Å²) in [4.78, 5) is 0.